The van der Waals surface area contributed by atoms with Crippen LogP contribution in [0.1, 0.15) is 47.4 Å². The first-order valence-electron chi connectivity index (χ1n) is 8.86. The second-order valence-electron chi connectivity index (χ2n) is 6.55. The Kier molecular flexibility index (Phi) is 4.11. The van der Waals surface area contributed by atoms with E-state index >= 15 is 0 Å². The van der Waals surface area contributed by atoms with Crippen molar-refractivity contribution >= 4 is 17.0 Å². The highest BCUT2D eigenvalue weighted by Crippen LogP contribution is 2.40. The maximum absolute atomic E-state index is 13.0. The van der Waals surface area contributed by atoms with E-state index in [2.05, 4.69) is 5.10 Å². The van der Waals surface area contributed by atoms with Gasteiger partial charge < -0.3 is 9.47 Å². The fourth-order valence-corrected chi connectivity index (χ4v) is 3.18. The summed E-state index contributed by atoms with van der Waals surface area (Å²) in [5, 5.41) is 5.18. The predicted octanol–water partition coefficient (Wildman–Crippen LogP) is 3.77. The summed E-state index contributed by atoms with van der Waals surface area (Å²) in [6.45, 7) is 4.28. The van der Waals surface area contributed by atoms with Crippen LogP contribution in [0.25, 0.3) is 11.0 Å². The number of para-hydroxylation sites is 2. The van der Waals surface area contributed by atoms with E-state index in [0.717, 1.165) is 35.3 Å². The minimum Gasteiger partial charge on any atom is -0.490 e. The van der Waals surface area contributed by atoms with Crippen molar-refractivity contribution in [2.24, 2.45) is 7.05 Å². The smallest absolute Gasteiger partial charge is 0.344 e. The van der Waals surface area contributed by atoms with Crippen molar-refractivity contribution in [3.63, 3.8) is 0 Å². The number of carbonyl (C=O) groups excluding carboxylic acids is 1. The van der Waals surface area contributed by atoms with E-state index in [1.165, 1.54) is 0 Å². The molecule has 134 valence electrons. The average molecular weight is 351 g/mol. The Morgan fingerprint density at radius 3 is 2.69 bits per heavy atom. The van der Waals surface area contributed by atoms with Gasteiger partial charge in [-0.3, -0.25) is 4.68 Å². The van der Waals surface area contributed by atoms with Gasteiger partial charge in [0.05, 0.1) is 23.3 Å². The van der Waals surface area contributed by atoms with E-state index in [1.54, 1.807) is 16.8 Å². The molecule has 2 heterocycles. The van der Waals surface area contributed by atoms with Crippen LogP contribution < -0.4 is 9.47 Å². The number of nitrogens with zero attached hydrogens (tertiary/aromatic N) is 3. The number of pyridine rings is 1. The first-order valence-corrected chi connectivity index (χ1v) is 8.86. The third kappa shape index (κ3) is 2.92. The number of carbonyl (C=O) groups is 1. The summed E-state index contributed by atoms with van der Waals surface area (Å²) < 4.78 is 13.0. The van der Waals surface area contributed by atoms with Crippen molar-refractivity contribution in [2.45, 2.75) is 32.6 Å². The van der Waals surface area contributed by atoms with Crippen molar-refractivity contribution in [1.82, 2.24) is 14.8 Å². The van der Waals surface area contributed by atoms with E-state index in [-0.39, 0.29) is 0 Å². The summed E-state index contributed by atoms with van der Waals surface area (Å²) in [4.78, 5) is 17.7. The van der Waals surface area contributed by atoms with Crippen LogP contribution in [0.2, 0.25) is 0 Å². The molecule has 1 fully saturated rings. The van der Waals surface area contributed by atoms with Crippen LogP contribution in [0.5, 0.6) is 11.5 Å². The third-order valence-corrected chi connectivity index (χ3v) is 4.56. The number of aromatic nitrogens is 3. The minimum atomic E-state index is -0.414. The third-order valence-electron chi connectivity index (χ3n) is 4.56. The van der Waals surface area contributed by atoms with Gasteiger partial charge >= 0.3 is 5.97 Å². The van der Waals surface area contributed by atoms with Gasteiger partial charge in [0.15, 0.2) is 17.1 Å². The molecule has 0 aliphatic heterocycles. The molecular formula is C20H21N3O3. The minimum absolute atomic E-state index is 0.414. The number of rotatable bonds is 5. The molecular weight excluding hydrogens is 330 g/mol. The molecule has 3 aromatic rings. The van der Waals surface area contributed by atoms with Crippen LogP contribution in [0.15, 0.2) is 30.3 Å². The zero-order valence-corrected chi connectivity index (χ0v) is 15.2. The fraction of sp³-hybridized carbons (Fsp3) is 0.350. The monoisotopic (exact) mass is 351 g/mol. The van der Waals surface area contributed by atoms with Crippen LogP contribution in [0, 0.1) is 6.92 Å². The Hall–Kier alpha value is -2.89. The van der Waals surface area contributed by atoms with Crippen LogP contribution in [-0.2, 0) is 7.05 Å². The second-order valence-corrected chi connectivity index (χ2v) is 6.55. The Morgan fingerprint density at radius 1 is 1.27 bits per heavy atom. The Morgan fingerprint density at radius 2 is 2.00 bits per heavy atom. The van der Waals surface area contributed by atoms with Crippen molar-refractivity contribution in [1.29, 1.82) is 0 Å². The zero-order valence-electron chi connectivity index (χ0n) is 15.2. The summed E-state index contributed by atoms with van der Waals surface area (Å²) >= 11 is 0. The van der Waals surface area contributed by atoms with Gasteiger partial charge in [-0.05, 0) is 44.9 Å². The molecule has 0 N–H and O–H groups in total. The van der Waals surface area contributed by atoms with Gasteiger partial charge in [0.2, 0.25) is 0 Å². The van der Waals surface area contributed by atoms with Crippen molar-refractivity contribution < 1.29 is 14.3 Å². The summed E-state index contributed by atoms with van der Waals surface area (Å²) in [5.41, 5.74) is 2.93. The molecule has 1 aliphatic carbocycles. The van der Waals surface area contributed by atoms with Gasteiger partial charge in [0.25, 0.3) is 0 Å². The average Bonchev–Trinajstić information content (AvgIpc) is 3.43. The highest BCUT2D eigenvalue weighted by molar-refractivity contribution is 6.04. The number of esters is 1. The largest absolute Gasteiger partial charge is 0.490 e. The van der Waals surface area contributed by atoms with E-state index < -0.39 is 5.97 Å². The number of aryl methyl sites for hydroxylation is 2. The lowest BCUT2D eigenvalue weighted by atomic mass is 10.1. The quantitative estimate of drug-likeness (QED) is 0.517. The number of hydrogen-bond donors (Lipinski definition) is 0. The first-order chi connectivity index (χ1) is 12.6. The van der Waals surface area contributed by atoms with Crippen molar-refractivity contribution in [2.75, 3.05) is 6.61 Å². The molecule has 26 heavy (non-hydrogen) atoms. The van der Waals surface area contributed by atoms with Crippen LogP contribution in [-0.4, -0.2) is 27.3 Å². The predicted molar refractivity (Wildman–Crippen MR) is 97.8 cm³/mol. The highest BCUT2D eigenvalue weighted by atomic mass is 16.6. The molecule has 6 heteroatoms. The summed E-state index contributed by atoms with van der Waals surface area (Å²) in [7, 11) is 1.85. The van der Waals surface area contributed by atoms with E-state index in [9.17, 15) is 4.79 Å². The Bertz CT molecular complexity index is 989. The van der Waals surface area contributed by atoms with Gasteiger partial charge in [-0.2, -0.15) is 5.10 Å². The standard InChI is InChI=1S/C20H21N3O3/c1-4-25-16-7-5-6-8-17(16)26-20(24)14-11-15(13-9-10-13)21-19-18(14)12(2)22-23(19)3/h5-8,11,13H,4,9-10H2,1-3H3. The number of benzene rings is 1. The molecule has 6 nitrogen and oxygen atoms in total. The molecule has 0 amide bonds. The molecule has 0 unspecified atom stereocenters. The molecule has 0 radical (unpaired) electrons. The molecule has 0 atom stereocenters. The van der Waals surface area contributed by atoms with Crippen molar-refractivity contribution in [3.05, 3.63) is 47.3 Å². The van der Waals surface area contributed by atoms with E-state index in [0.29, 0.717) is 29.6 Å². The van der Waals surface area contributed by atoms with E-state index in [4.69, 9.17) is 14.5 Å². The molecule has 0 spiro atoms. The van der Waals surface area contributed by atoms with Gasteiger partial charge in [0.1, 0.15) is 0 Å². The van der Waals surface area contributed by atoms with Gasteiger partial charge in [-0.1, -0.05) is 12.1 Å². The molecule has 0 bridgehead atoms. The Balaban J connectivity index is 1.77. The zero-order chi connectivity index (χ0) is 18.3. The van der Waals surface area contributed by atoms with Crippen LogP contribution in [0.4, 0.5) is 0 Å². The number of fused-ring (bicyclic) bond motifs is 1. The molecule has 0 saturated heterocycles. The molecule has 1 saturated carbocycles. The molecule has 1 aromatic carbocycles. The number of hydrogen-bond acceptors (Lipinski definition) is 5. The van der Waals surface area contributed by atoms with Gasteiger partial charge in [0, 0.05) is 18.7 Å². The van der Waals surface area contributed by atoms with Crippen LogP contribution in [0.3, 0.4) is 0 Å². The van der Waals surface area contributed by atoms with Crippen LogP contribution >= 0.6 is 0 Å². The summed E-state index contributed by atoms with van der Waals surface area (Å²) in [6.07, 6.45) is 2.22. The molecule has 1 aliphatic rings. The van der Waals surface area contributed by atoms with Gasteiger partial charge in [-0.25, -0.2) is 9.78 Å². The SMILES string of the molecule is CCOc1ccccc1OC(=O)c1cc(C2CC2)nc2c1c(C)nn2C. The Labute approximate surface area is 151 Å². The normalized spacial score (nSPS) is 13.8. The van der Waals surface area contributed by atoms with Gasteiger partial charge in [-0.15, -0.1) is 0 Å². The van der Waals surface area contributed by atoms with Crippen molar-refractivity contribution in [3.8, 4) is 11.5 Å². The molecule has 2 aromatic heterocycles. The first kappa shape index (κ1) is 16.6. The summed E-state index contributed by atoms with van der Waals surface area (Å²) in [6, 6.07) is 9.06. The highest BCUT2D eigenvalue weighted by Gasteiger charge is 2.29. The lowest BCUT2D eigenvalue weighted by Gasteiger charge is -2.11. The maximum atomic E-state index is 13.0. The lowest BCUT2D eigenvalue weighted by molar-refractivity contribution is 0.0730. The van der Waals surface area contributed by atoms with E-state index in [1.807, 2.05) is 39.1 Å². The lowest BCUT2D eigenvalue weighted by Crippen LogP contribution is -2.12. The fourth-order valence-electron chi connectivity index (χ4n) is 3.18. The maximum Gasteiger partial charge on any atom is 0.344 e. The molecule has 4 rings (SSSR count). The second kappa shape index (κ2) is 6.44. The summed E-state index contributed by atoms with van der Waals surface area (Å²) in [5.74, 6) is 0.984. The number of ether oxygens (including phenoxy) is 2. The topological polar surface area (TPSA) is 66.2 Å².